The fourth-order valence-corrected chi connectivity index (χ4v) is 1.18. The summed E-state index contributed by atoms with van der Waals surface area (Å²) in [6, 6.07) is 1.74. The Morgan fingerprint density at radius 1 is 1.55 bits per heavy atom. The molecule has 2 heterocycles. The third kappa shape index (κ3) is 0.973. The molecule has 0 aliphatic carbocycles. The third-order valence-electron chi connectivity index (χ3n) is 1.46. The summed E-state index contributed by atoms with van der Waals surface area (Å²) < 4.78 is 0. The van der Waals surface area contributed by atoms with Crippen molar-refractivity contribution < 1.29 is 0 Å². The average molecular weight is 168 g/mol. The lowest BCUT2D eigenvalue weighted by Crippen LogP contribution is -1.75. The summed E-state index contributed by atoms with van der Waals surface area (Å²) >= 11 is 5.86. The van der Waals surface area contributed by atoms with E-state index < -0.39 is 0 Å². The van der Waals surface area contributed by atoms with Gasteiger partial charge in [-0.2, -0.15) is 0 Å². The Morgan fingerprint density at radius 3 is 3.09 bits per heavy atom. The van der Waals surface area contributed by atoms with Crippen LogP contribution in [0.3, 0.4) is 0 Å². The molecule has 0 unspecified atom stereocenters. The minimum absolute atomic E-state index is 0.663. The van der Waals surface area contributed by atoms with E-state index in [-0.39, 0.29) is 0 Å². The summed E-state index contributed by atoms with van der Waals surface area (Å²) in [5, 5.41) is 0.663. The van der Waals surface area contributed by atoms with Crippen molar-refractivity contribution in [1.29, 1.82) is 0 Å². The first-order valence-corrected chi connectivity index (χ1v) is 3.62. The number of aromatic amines is 1. The van der Waals surface area contributed by atoms with Crippen molar-refractivity contribution in [3.8, 4) is 0 Å². The fraction of sp³-hybridized carbons (Fsp3) is 0.143. The van der Waals surface area contributed by atoms with Crippen LogP contribution in [0.25, 0.3) is 11.2 Å². The molecule has 0 saturated carbocycles. The molecule has 0 fully saturated rings. The number of H-pyrrole nitrogens is 1. The lowest BCUT2D eigenvalue weighted by Gasteiger charge is -1.87. The van der Waals surface area contributed by atoms with Gasteiger partial charge in [0.05, 0.1) is 5.02 Å². The van der Waals surface area contributed by atoms with Gasteiger partial charge in [0.2, 0.25) is 0 Å². The molecule has 56 valence electrons. The van der Waals surface area contributed by atoms with Crippen molar-refractivity contribution in [3.05, 3.63) is 23.1 Å². The maximum absolute atomic E-state index is 5.86. The highest BCUT2D eigenvalue weighted by Crippen LogP contribution is 2.17. The number of nitrogens with zero attached hydrogens (tertiary/aromatic N) is 2. The van der Waals surface area contributed by atoms with Crippen LogP contribution in [-0.2, 0) is 0 Å². The van der Waals surface area contributed by atoms with Crippen molar-refractivity contribution in [3.63, 3.8) is 0 Å². The van der Waals surface area contributed by atoms with Crippen LogP contribution < -0.4 is 0 Å². The molecule has 3 nitrogen and oxygen atoms in total. The number of halogens is 1. The lowest BCUT2D eigenvalue weighted by atomic mass is 10.4. The molecule has 0 atom stereocenters. The van der Waals surface area contributed by atoms with Crippen molar-refractivity contribution >= 4 is 22.8 Å². The molecule has 0 aliphatic rings. The Bertz CT molecular complexity index is 393. The molecule has 0 spiro atoms. The zero-order valence-electron chi connectivity index (χ0n) is 5.93. The van der Waals surface area contributed by atoms with E-state index in [1.807, 2.05) is 6.92 Å². The molecular weight excluding hydrogens is 162 g/mol. The van der Waals surface area contributed by atoms with Gasteiger partial charge < -0.3 is 4.98 Å². The molecule has 0 saturated heterocycles. The largest absolute Gasteiger partial charge is 0.340 e. The Balaban J connectivity index is 2.90. The second kappa shape index (κ2) is 2.20. The van der Waals surface area contributed by atoms with Crippen LogP contribution in [0.15, 0.2) is 12.3 Å². The van der Waals surface area contributed by atoms with Crippen LogP contribution in [-0.4, -0.2) is 15.0 Å². The number of hydrogen-bond acceptors (Lipinski definition) is 2. The van der Waals surface area contributed by atoms with Crippen LogP contribution in [0.4, 0.5) is 0 Å². The number of rotatable bonds is 0. The fourth-order valence-electron chi connectivity index (χ4n) is 0.996. The number of imidazole rings is 1. The predicted octanol–water partition coefficient (Wildman–Crippen LogP) is 1.92. The summed E-state index contributed by atoms with van der Waals surface area (Å²) in [7, 11) is 0. The quantitative estimate of drug-likeness (QED) is 0.652. The number of aryl methyl sites for hydroxylation is 1. The molecule has 0 aromatic carbocycles. The summed E-state index contributed by atoms with van der Waals surface area (Å²) in [4.78, 5) is 11.2. The average Bonchev–Trinajstić information content (AvgIpc) is 2.31. The summed E-state index contributed by atoms with van der Waals surface area (Å²) in [6.45, 7) is 1.87. The van der Waals surface area contributed by atoms with Gasteiger partial charge in [-0.05, 0) is 13.0 Å². The van der Waals surface area contributed by atoms with E-state index in [9.17, 15) is 0 Å². The first-order chi connectivity index (χ1) is 5.27. The molecule has 0 radical (unpaired) electrons. The van der Waals surface area contributed by atoms with E-state index in [0.29, 0.717) is 10.7 Å². The van der Waals surface area contributed by atoms with Gasteiger partial charge in [0.1, 0.15) is 11.3 Å². The van der Waals surface area contributed by atoms with Gasteiger partial charge in [0.15, 0.2) is 5.65 Å². The van der Waals surface area contributed by atoms with Crippen LogP contribution in [0.2, 0.25) is 5.02 Å². The molecule has 0 aliphatic heterocycles. The second-order valence-electron chi connectivity index (χ2n) is 2.31. The van der Waals surface area contributed by atoms with E-state index in [1.165, 1.54) is 0 Å². The maximum atomic E-state index is 5.86. The summed E-state index contributed by atoms with van der Waals surface area (Å²) in [5.41, 5.74) is 1.49. The van der Waals surface area contributed by atoms with Crippen molar-refractivity contribution in [2.24, 2.45) is 0 Å². The first-order valence-electron chi connectivity index (χ1n) is 3.24. The van der Waals surface area contributed by atoms with Crippen molar-refractivity contribution in [1.82, 2.24) is 15.0 Å². The van der Waals surface area contributed by atoms with Crippen LogP contribution in [0, 0.1) is 6.92 Å². The Morgan fingerprint density at radius 2 is 2.36 bits per heavy atom. The molecule has 0 amide bonds. The number of fused-ring (bicyclic) bond motifs is 1. The van der Waals surface area contributed by atoms with E-state index in [1.54, 1.807) is 12.3 Å². The van der Waals surface area contributed by atoms with Crippen LogP contribution >= 0.6 is 11.6 Å². The lowest BCUT2D eigenvalue weighted by molar-refractivity contribution is 1.16. The van der Waals surface area contributed by atoms with Gasteiger partial charge in [-0.15, -0.1) is 0 Å². The van der Waals surface area contributed by atoms with Crippen molar-refractivity contribution in [2.75, 3.05) is 0 Å². The Kier molecular flexibility index (Phi) is 1.32. The maximum Gasteiger partial charge on any atom is 0.179 e. The van der Waals surface area contributed by atoms with E-state index in [4.69, 9.17) is 11.6 Å². The van der Waals surface area contributed by atoms with Gasteiger partial charge in [-0.3, -0.25) is 0 Å². The highest BCUT2D eigenvalue weighted by Gasteiger charge is 2.02. The molecule has 2 rings (SSSR count). The topological polar surface area (TPSA) is 41.6 Å². The molecule has 1 N–H and O–H groups in total. The van der Waals surface area contributed by atoms with Crippen LogP contribution in [0.5, 0.6) is 0 Å². The molecular formula is C7H6ClN3. The minimum Gasteiger partial charge on any atom is -0.340 e. The highest BCUT2D eigenvalue weighted by molar-refractivity contribution is 6.34. The highest BCUT2D eigenvalue weighted by atomic mass is 35.5. The Hall–Kier alpha value is -1.09. The number of aromatic nitrogens is 3. The van der Waals surface area contributed by atoms with Gasteiger partial charge in [-0.25, -0.2) is 9.97 Å². The summed E-state index contributed by atoms with van der Waals surface area (Å²) in [5.74, 6) is 0.834. The number of hydrogen-bond donors (Lipinski definition) is 1. The molecule has 4 heteroatoms. The standard InChI is InChI=1S/C7H6ClN3/c1-4-10-6-5(8)2-3-9-7(6)11-4/h2-3H,1H3,(H,9,10,11). The SMILES string of the molecule is Cc1nc2nccc(Cl)c2[nH]1. The second-order valence-corrected chi connectivity index (χ2v) is 2.72. The zero-order chi connectivity index (χ0) is 7.84. The van der Waals surface area contributed by atoms with Gasteiger partial charge in [0, 0.05) is 6.20 Å². The molecule has 2 aromatic heterocycles. The van der Waals surface area contributed by atoms with Gasteiger partial charge >= 0.3 is 0 Å². The van der Waals surface area contributed by atoms with Crippen LogP contribution in [0.1, 0.15) is 5.82 Å². The first kappa shape index (κ1) is 6.61. The normalized spacial score (nSPS) is 10.7. The van der Waals surface area contributed by atoms with Gasteiger partial charge in [-0.1, -0.05) is 11.6 Å². The summed E-state index contributed by atoms with van der Waals surface area (Å²) in [6.07, 6.45) is 1.64. The molecule has 2 aromatic rings. The van der Waals surface area contributed by atoms with Crippen molar-refractivity contribution in [2.45, 2.75) is 6.92 Å². The molecule has 11 heavy (non-hydrogen) atoms. The third-order valence-corrected chi connectivity index (χ3v) is 1.77. The molecule has 0 bridgehead atoms. The zero-order valence-corrected chi connectivity index (χ0v) is 6.68. The Labute approximate surface area is 68.4 Å². The van der Waals surface area contributed by atoms with E-state index in [2.05, 4.69) is 15.0 Å². The predicted molar refractivity (Wildman–Crippen MR) is 43.6 cm³/mol. The monoisotopic (exact) mass is 167 g/mol. The number of pyridine rings is 1. The van der Waals surface area contributed by atoms with Gasteiger partial charge in [0.25, 0.3) is 0 Å². The smallest absolute Gasteiger partial charge is 0.179 e. The van der Waals surface area contributed by atoms with E-state index >= 15 is 0 Å². The minimum atomic E-state index is 0.663. The van der Waals surface area contributed by atoms with E-state index in [0.717, 1.165) is 11.3 Å². The number of nitrogens with one attached hydrogen (secondary N) is 1.